The Bertz CT molecular complexity index is 1290. The van der Waals surface area contributed by atoms with E-state index in [2.05, 4.69) is 34.9 Å². The van der Waals surface area contributed by atoms with E-state index in [4.69, 9.17) is 14.2 Å². The number of rotatable bonds is 12. The highest BCUT2D eigenvalue weighted by molar-refractivity contribution is 7.93. The first-order chi connectivity index (χ1) is 17.8. The van der Waals surface area contributed by atoms with Crippen LogP contribution < -0.4 is 14.2 Å². The summed E-state index contributed by atoms with van der Waals surface area (Å²) in [5.74, 6) is 1.31. The first kappa shape index (κ1) is 26.7. The van der Waals surface area contributed by atoms with E-state index in [1.807, 2.05) is 13.8 Å². The zero-order chi connectivity index (χ0) is 26.6. The lowest BCUT2D eigenvalue weighted by molar-refractivity contribution is 0.0466. The van der Waals surface area contributed by atoms with Gasteiger partial charge in [-0.15, -0.1) is 10.2 Å². The van der Waals surface area contributed by atoms with Crippen molar-refractivity contribution in [3.63, 3.8) is 0 Å². The van der Waals surface area contributed by atoms with Crippen LogP contribution in [0.5, 0.6) is 11.8 Å². The quantitative estimate of drug-likeness (QED) is 0.366. The molecule has 13 nitrogen and oxygen atoms in total. The Morgan fingerprint density at radius 2 is 1.73 bits per heavy atom. The standard InChI is InChI=1S/C23H32N8O5S/c1-6-10-36-18(19-24-11-14(2)12-25-19)15(3)37(32,33)30-23-29-28-20(16-8-7-9-16)31(23)17-21(34-4)26-13-27-22(17)35-5/h11-13,15-16,18H,6-10H2,1-5H3,(H,29,30)/t15-,18+/m0/s1. The average Bonchev–Trinajstić information content (AvgIpc) is 3.24. The molecule has 0 aliphatic heterocycles. The first-order valence-corrected chi connectivity index (χ1v) is 13.7. The van der Waals surface area contributed by atoms with Crippen molar-refractivity contribution < 1.29 is 22.6 Å². The van der Waals surface area contributed by atoms with E-state index in [0.29, 0.717) is 24.5 Å². The second-order valence-electron chi connectivity index (χ2n) is 8.85. The number of aryl methyl sites for hydroxylation is 1. The van der Waals surface area contributed by atoms with Gasteiger partial charge in [0, 0.05) is 24.9 Å². The molecule has 1 fully saturated rings. The van der Waals surface area contributed by atoms with Crippen molar-refractivity contribution in [2.45, 2.75) is 63.7 Å². The third kappa shape index (κ3) is 5.49. The molecule has 37 heavy (non-hydrogen) atoms. The van der Waals surface area contributed by atoms with E-state index >= 15 is 0 Å². The molecule has 3 aromatic heterocycles. The molecule has 14 heteroatoms. The summed E-state index contributed by atoms with van der Waals surface area (Å²) in [4.78, 5) is 17.0. The molecule has 1 N–H and O–H groups in total. The van der Waals surface area contributed by atoms with Gasteiger partial charge < -0.3 is 14.2 Å². The summed E-state index contributed by atoms with van der Waals surface area (Å²) in [6.07, 6.45) is 7.22. The number of hydrogen-bond donors (Lipinski definition) is 1. The highest BCUT2D eigenvalue weighted by Crippen LogP contribution is 2.40. The van der Waals surface area contributed by atoms with Crippen LogP contribution in [0, 0.1) is 6.92 Å². The number of nitrogens with one attached hydrogen (secondary N) is 1. The lowest BCUT2D eigenvalue weighted by atomic mass is 9.85. The van der Waals surface area contributed by atoms with Crippen molar-refractivity contribution >= 4 is 16.0 Å². The summed E-state index contributed by atoms with van der Waals surface area (Å²) in [5, 5.41) is 7.48. The van der Waals surface area contributed by atoms with Crippen LogP contribution in [0.1, 0.15) is 68.8 Å². The second-order valence-corrected chi connectivity index (χ2v) is 10.9. The largest absolute Gasteiger partial charge is 0.479 e. The van der Waals surface area contributed by atoms with Crippen molar-refractivity contribution in [3.8, 4) is 17.4 Å². The molecule has 3 heterocycles. The molecule has 2 atom stereocenters. The Kier molecular flexibility index (Phi) is 8.17. The summed E-state index contributed by atoms with van der Waals surface area (Å²) < 4.78 is 48.4. The van der Waals surface area contributed by atoms with Crippen LogP contribution in [0.3, 0.4) is 0 Å². The Morgan fingerprint density at radius 3 is 2.27 bits per heavy atom. The predicted molar refractivity (Wildman–Crippen MR) is 134 cm³/mol. The summed E-state index contributed by atoms with van der Waals surface area (Å²) in [5.41, 5.74) is 1.17. The monoisotopic (exact) mass is 532 g/mol. The molecule has 0 radical (unpaired) electrons. The van der Waals surface area contributed by atoms with Gasteiger partial charge in [-0.2, -0.15) is 9.97 Å². The van der Waals surface area contributed by atoms with Crippen molar-refractivity contribution in [3.05, 3.63) is 35.9 Å². The fourth-order valence-corrected chi connectivity index (χ4v) is 5.05. The van der Waals surface area contributed by atoms with Crippen molar-refractivity contribution in [1.82, 2.24) is 34.7 Å². The summed E-state index contributed by atoms with van der Waals surface area (Å²) in [6.45, 7) is 5.69. The van der Waals surface area contributed by atoms with Crippen LogP contribution in [-0.2, 0) is 14.8 Å². The van der Waals surface area contributed by atoms with Gasteiger partial charge in [-0.05, 0) is 38.7 Å². The molecule has 0 saturated heterocycles. The van der Waals surface area contributed by atoms with E-state index in [9.17, 15) is 8.42 Å². The number of aromatic nitrogens is 7. The van der Waals surface area contributed by atoms with Crippen LogP contribution in [0.4, 0.5) is 5.95 Å². The molecule has 1 aliphatic carbocycles. The minimum absolute atomic E-state index is 0.0285. The molecule has 3 aromatic rings. The lowest BCUT2D eigenvalue weighted by Crippen LogP contribution is -2.34. The van der Waals surface area contributed by atoms with Gasteiger partial charge in [0.15, 0.2) is 11.5 Å². The molecule has 0 amide bonds. The van der Waals surface area contributed by atoms with E-state index in [1.54, 1.807) is 23.9 Å². The Balaban J connectivity index is 1.75. The summed E-state index contributed by atoms with van der Waals surface area (Å²) in [6, 6.07) is 0. The molecular weight excluding hydrogens is 500 g/mol. The minimum atomic E-state index is -4.07. The van der Waals surface area contributed by atoms with Gasteiger partial charge in [-0.1, -0.05) is 13.3 Å². The smallest absolute Gasteiger partial charge is 0.245 e. The maximum atomic E-state index is 13.7. The Labute approximate surface area is 216 Å². The Hall–Kier alpha value is -3.39. The number of ether oxygens (including phenoxy) is 3. The zero-order valence-electron chi connectivity index (χ0n) is 21.6. The van der Waals surface area contributed by atoms with Gasteiger partial charge >= 0.3 is 0 Å². The van der Waals surface area contributed by atoms with Crippen molar-refractivity contribution in [2.24, 2.45) is 0 Å². The van der Waals surface area contributed by atoms with Gasteiger partial charge in [0.05, 0.1) is 14.2 Å². The third-order valence-electron chi connectivity index (χ3n) is 6.23. The first-order valence-electron chi connectivity index (χ1n) is 12.1. The normalized spacial score (nSPS) is 15.6. The van der Waals surface area contributed by atoms with E-state index in [1.165, 1.54) is 20.5 Å². The molecule has 0 unspecified atom stereocenters. The lowest BCUT2D eigenvalue weighted by Gasteiger charge is -2.26. The van der Waals surface area contributed by atoms with Gasteiger partial charge in [-0.3, -0.25) is 9.29 Å². The van der Waals surface area contributed by atoms with Gasteiger partial charge in [-0.25, -0.2) is 18.4 Å². The third-order valence-corrected chi connectivity index (χ3v) is 7.92. The van der Waals surface area contributed by atoms with Gasteiger partial charge in [0.25, 0.3) is 0 Å². The van der Waals surface area contributed by atoms with Crippen LogP contribution in [0.2, 0.25) is 0 Å². The van der Waals surface area contributed by atoms with Gasteiger partial charge in [0.1, 0.15) is 23.5 Å². The number of nitrogens with zero attached hydrogens (tertiary/aromatic N) is 7. The summed E-state index contributed by atoms with van der Waals surface area (Å²) >= 11 is 0. The van der Waals surface area contributed by atoms with E-state index in [-0.39, 0.29) is 29.5 Å². The van der Waals surface area contributed by atoms with Crippen LogP contribution in [0.15, 0.2) is 18.7 Å². The zero-order valence-corrected chi connectivity index (χ0v) is 22.4. The summed E-state index contributed by atoms with van der Waals surface area (Å²) in [7, 11) is -1.15. The molecule has 1 aliphatic rings. The van der Waals surface area contributed by atoms with Crippen molar-refractivity contribution in [1.29, 1.82) is 0 Å². The molecular formula is C23H32N8O5S. The molecule has 4 rings (SSSR count). The average molecular weight is 533 g/mol. The SMILES string of the molecule is CCCO[C@@H](c1ncc(C)cn1)[C@H](C)S(=O)(=O)Nc1nnc(C2CCC2)n1-c1c(OC)ncnc1OC. The highest BCUT2D eigenvalue weighted by atomic mass is 32.2. The number of sulfonamides is 1. The fraction of sp³-hybridized carbons (Fsp3) is 0.565. The molecule has 0 bridgehead atoms. The highest BCUT2D eigenvalue weighted by Gasteiger charge is 2.37. The van der Waals surface area contributed by atoms with E-state index in [0.717, 1.165) is 24.8 Å². The maximum Gasteiger partial charge on any atom is 0.245 e. The second kappa shape index (κ2) is 11.3. The topological polar surface area (TPSA) is 156 Å². The predicted octanol–water partition coefficient (Wildman–Crippen LogP) is 2.74. The fourth-order valence-electron chi connectivity index (χ4n) is 3.95. The van der Waals surface area contributed by atoms with Crippen LogP contribution >= 0.6 is 0 Å². The Morgan fingerprint density at radius 1 is 1.08 bits per heavy atom. The van der Waals surface area contributed by atoms with Gasteiger partial charge in [0.2, 0.25) is 27.7 Å². The molecule has 0 aromatic carbocycles. The van der Waals surface area contributed by atoms with Crippen LogP contribution in [-0.4, -0.2) is 69.2 Å². The minimum Gasteiger partial charge on any atom is -0.479 e. The molecule has 0 spiro atoms. The number of anilines is 1. The van der Waals surface area contributed by atoms with E-state index < -0.39 is 21.4 Å². The molecule has 200 valence electrons. The number of methoxy groups -OCH3 is 2. The number of hydrogen-bond acceptors (Lipinski definition) is 11. The molecule has 1 saturated carbocycles. The maximum absolute atomic E-state index is 13.7. The van der Waals surface area contributed by atoms with Crippen LogP contribution in [0.25, 0.3) is 5.69 Å². The van der Waals surface area contributed by atoms with Crippen molar-refractivity contribution in [2.75, 3.05) is 25.5 Å².